The van der Waals surface area contributed by atoms with Crippen molar-refractivity contribution in [1.82, 2.24) is 5.32 Å². The Morgan fingerprint density at radius 3 is 2.68 bits per heavy atom. The molecular weight excluding hydrogens is 420 g/mol. The summed E-state index contributed by atoms with van der Waals surface area (Å²) in [4.78, 5) is 35.0. The second-order valence-corrected chi connectivity index (χ2v) is 7.12. The third-order valence-electron chi connectivity index (χ3n) is 3.89. The van der Waals surface area contributed by atoms with E-state index in [9.17, 15) is 14.4 Å². The van der Waals surface area contributed by atoms with Crippen molar-refractivity contribution >= 4 is 46.6 Å². The Labute approximate surface area is 182 Å². The summed E-state index contributed by atoms with van der Waals surface area (Å²) in [5, 5.41) is 13.6. The molecule has 2 N–H and O–H groups in total. The molecule has 31 heavy (non-hydrogen) atoms. The number of rotatable bonds is 8. The van der Waals surface area contributed by atoms with Crippen LogP contribution in [0.4, 0.5) is 5.69 Å². The van der Waals surface area contributed by atoms with E-state index in [1.54, 1.807) is 55.5 Å². The van der Waals surface area contributed by atoms with E-state index in [0.717, 1.165) is 0 Å². The largest absolute Gasteiger partial charge is 0.483 e. The molecule has 0 radical (unpaired) electrons. The van der Waals surface area contributed by atoms with Gasteiger partial charge < -0.3 is 20.1 Å². The highest BCUT2D eigenvalue weighted by Crippen LogP contribution is 2.17. The quantitative estimate of drug-likeness (QED) is 0.370. The Kier molecular flexibility index (Phi) is 7.77. The van der Waals surface area contributed by atoms with Crippen LogP contribution in [0.1, 0.15) is 22.8 Å². The van der Waals surface area contributed by atoms with Gasteiger partial charge in [-0.1, -0.05) is 23.9 Å². The molecular formula is C21H20N4O5S. The number of ether oxygens (including phenoxy) is 2. The molecule has 1 heterocycles. The fraction of sp³-hybridized carbons (Fsp3) is 0.190. The summed E-state index contributed by atoms with van der Waals surface area (Å²) in [7, 11) is 0. The van der Waals surface area contributed by atoms with Crippen LogP contribution < -0.4 is 15.4 Å². The Hall–Kier alpha value is -3.66. The number of hydrogen-bond acceptors (Lipinski definition) is 8. The predicted octanol–water partition coefficient (Wildman–Crippen LogP) is 2.43. The first-order valence-electron chi connectivity index (χ1n) is 9.37. The van der Waals surface area contributed by atoms with E-state index in [4.69, 9.17) is 9.47 Å². The van der Waals surface area contributed by atoms with Gasteiger partial charge in [-0.25, -0.2) is 4.79 Å². The van der Waals surface area contributed by atoms with Gasteiger partial charge in [-0.15, -0.1) is 5.10 Å². The Bertz CT molecular complexity index is 1020. The number of hydrogen-bond donors (Lipinski definition) is 2. The maximum absolute atomic E-state index is 12.2. The summed E-state index contributed by atoms with van der Waals surface area (Å²) in [6.07, 6.45) is 1.49. The molecule has 0 atom stereocenters. The lowest BCUT2D eigenvalue weighted by atomic mass is 10.2. The standard InChI is InChI=1S/C21H20N4O5S/c1-2-29-20(28)14-7-9-16(10-8-14)23-18(26)12-30-17-6-4-3-5-15(17)11-22-25-21-24-19(27)13-31-21/h3-11H,2,12-13H2,1H3,(H,23,26)(H,24,25,27). The summed E-state index contributed by atoms with van der Waals surface area (Å²) >= 11 is 1.28. The highest BCUT2D eigenvalue weighted by molar-refractivity contribution is 8.15. The first kappa shape index (κ1) is 22.0. The van der Waals surface area contributed by atoms with Crippen molar-refractivity contribution in [2.24, 2.45) is 10.2 Å². The van der Waals surface area contributed by atoms with E-state index >= 15 is 0 Å². The van der Waals surface area contributed by atoms with Crippen molar-refractivity contribution < 1.29 is 23.9 Å². The second kappa shape index (κ2) is 10.9. The number of amides is 2. The Balaban J connectivity index is 1.54. The monoisotopic (exact) mass is 440 g/mol. The average Bonchev–Trinajstić information content (AvgIpc) is 3.18. The number of anilines is 1. The molecule has 0 spiro atoms. The van der Waals surface area contributed by atoms with Gasteiger partial charge in [0, 0.05) is 11.3 Å². The summed E-state index contributed by atoms with van der Waals surface area (Å²) in [5.41, 5.74) is 1.57. The van der Waals surface area contributed by atoms with Crippen LogP contribution in [0, 0.1) is 0 Å². The molecule has 0 aromatic heterocycles. The van der Waals surface area contributed by atoms with E-state index in [1.807, 2.05) is 0 Å². The van der Waals surface area contributed by atoms with E-state index < -0.39 is 5.97 Å². The molecule has 160 valence electrons. The molecule has 9 nitrogen and oxygen atoms in total. The van der Waals surface area contributed by atoms with Crippen LogP contribution in [0.2, 0.25) is 0 Å². The lowest BCUT2D eigenvalue weighted by molar-refractivity contribution is -0.118. The molecule has 1 saturated heterocycles. The minimum absolute atomic E-state index is 0.107. The maximum Gasteiger partial charge on any atom is 0.338 e. The van der Waals surface area contributed by atoms with Crippen LogP contribution in [0.5, 0.6) is 5.75 Å². The zero-order chi connectivity index (χ0) is 22.1. The first-order valence-corrected chi connectivity index (χ1v) is 10.4. The highest BCUT2D eigenvalue weighted by Gasteiger charge is 2.16. The van der Waals surface area contributed by atoms with Crippen LogP contribution in [-0.2, 0) is 14.3 Å². The number of benzene rings is 2. The van der Waals surface area contributed by atoms with Gasteiger partial charge in [0.25, 0.3) is 5.91 Å². The summed E-state index contributed by atoms with van der Waals surface area (Å²) < 4.78 is 10.5. The fourth-order valence-electron chi connectivity index (χ4n) is 2.49. The number of nitrogens with zero attached hydrogens (tertiary/aromatic N) is 2. The third-order valence-corrected chi connectivity index (χ3v) is 4.75. The van der Waals surface area contributed by atoms with E-state index in [1.165, 1.54) is 18.0 Å². The zero-order valence-electron chi connectivity index (χ0n) is 16.7. The van der Waals surface area contributed by atoms with Crippen molar-refractivity contribution in [3.8, 4) is 5.75 Å². The van der Waals surface area contributed by atoms with Crippen molar-refractivity contribution in [3.63, 3.8) is 0 Å². The smallest absolute Gasteiger partial charge is 0.338 e. The van der Waals surface area contributed by atoms with Gasteiger partial charge in [0.15, 0.2) is 11.8 Å². The number of amidine groups is 1. The molecule has 1 fully saturated rings. The van der Waals surface area contributed by atoms with Crippen LogP contribution in [0.25, 0.3) is 0 Å². The number of carbonyl (C=O) groups is 3. The molecule has 10 heteroatoms. The van der Waals surface area contributed by atoms with Crippen LogP contribution in [0.15, 0.2) is 58.7 Å². The molecule has 3 rings (SSSR count). The number of esters is 1. The number of thioether (sulfide) groups is 1. The van der Waals surface area contributed by atoms with Crippen molar-refractivity contribution in [2.45, 2.75) is 6.92 Å². The molecule has 2 amide bonds. The molecule has 1 aliphatic rings. The normalized spacial score (nSPS) is 14.5. The summed E-state index contributed by atoms with van der Waals surface area (Å²) in [5.74, 6) is -0.0945. The first-order chi connectivity index (χ1) is 15.0. The predicted molar refractivity (Wildman–Crippen MR) is 119 cm³/mol. The van der Waals surface area contributed by atoms with E-state index in [-0.39, 0.29) is 18.4 Å². The van der Waals surface area contributed by atoms with Gasteiger partial charge >= 0.3 is 5.97 Å². The minimum atomic E-state index is -0.416. The maximum atomic E-state index is 12.2. The molecule has 0 aliphatic carbocycles. The molecule has 2 aromatic carbocycles. The lowest BCUT2D eigenvalue weighted by Crippen LogP contribution is -2.20. The summed E-state index contributed by atoms with van der Waals surface area (Å²) in [6, 6.07) is 13.4. The van der Waals surface area contributed by atoms with Crippen LogP contribution in [0.3, 0.4) is 0 Å². The third kappa shape index (κ3) is 6.68. The van der Waals surface area contributed by atoms with Crippen molar-refractivity contribution in [2.75, 3.05) is 24.3 Å². The number of carbonyl (C=O) groups excluding carboxylic acids is 3. The van der Waals surface area contributed by atoms with E-state index in [2.05, 4.69) is 20.8 Å². The topological polar surface area (TPSA) is 118 Å². The Morgan fingerprint density at radius 1 is 1.19 bits per heavy atom. The van der Waals surface area contributed by atoms with Gasteiger partial charge in [-0.05, 0) is 43.3 Å². The molecule has 0 bridgehead atoms. The summed E-state index contributed by atoms with van der Waals surface area (Å²) in [6.45, 7) is 1.81. The van der Waals surface area contributed by atoms with Gasteiger partial charge in [0.2, 0.25) is 5.91 Å². The number of para-hydroxylation sites is 1. The van der Waals surface area contributed by atoms with E-state index in [0.29, 0.717) is 40.1 Å². The molecule has 0 unspecified atom stereocenters. The molecule has 1 aliphatic heterocycles. The zero-order valence-corrected chi connectivity index (χ0v) is 17.5. The second-order valence-electron chi connectivity index (χ2n) is 6.16. The van der Waals surface area contributed by atoms with Crippen molar-refractivity contribution in [1.29, 1.82) is 0 Å². The van der Waals surface area contributed by atoms with Crippen LogP contribution >= 0.6 is 11.8 Å². The van der Waals surface area contributed by atoms with Gasteiger partial charge in [-0.3, -0.25) is 9.59 Å². The Morgan fingerprint density at radius 2 is 1.97 bits per heavy atom. The fourth-order valence-corrected chi connectivity index (χ4v) is 3.12. The average molecular weight is 440 g/mol. The van der Waals surface area contributed by atoms with Crippen molar-refractivity contribution in [3.05, 3.63) is 59.7 Å². The number of nitrogens with one attached hydrogen (secondary N) is 2. The molecule has 0 saturated carbocycles. The van der Waals surface area contributed by atoms with Crippen LogP contribution in [-0.4, -0.2) is 48.1 Å². The van der Waals surface area contributed by atoms with Gasteiger partial charge in [0.05, 0.1) is 24.1 Å². The molecule has 2 aromatic rings. The SMILES string of the molecule is CCOC(=O)c1ccc(NC(=O)COc2ccccc2C=NN=C2NC(=O)CS2)cc1. The highest BCUT2D eigenvalue weighted by atomic mass is 32.2. The minimum Gasteiger partial charge on any atom is -0.483 e. The lowest BCUT2D eigenvalue weighted by Gasteiger charge is -2.10. The van der Waals surface area contributed by atoms with Gasteiger partial charge in [0.1, 0.15) is 5.75 Å². The van der Waals surface area contributed by atoms with Gasteiger partial charge in [-0.2, -0.15) is 5.10 Å².